The first-order chi connectivity index (χ1) is 9.99. The van der Waals surface area contributed by atoms with Crippen LogP contribution >= 0.6 is 11.8 Å². The lowest BCUT2D eigenvalue weighted by molar-refractivity contribution is -0.385. The zero-order valence-corrected chi connectivity index (χ0v) is 11.5. The van der Waals surface area contributed by atoms with Gasteiger partial charge in [-0.2, -0.15) is 0 Å². The van der Waals surface area contributed by atoms with E-state index in [1.807, 2.05) is 0 Å². The van der Waals surface area contributed by atoms with Gasteiger partial charge >= 0.3 is 5.97 Å². The predicted octanol–water partition coefficient (Wildman–Crippen LogP) is 1.33. The number of nitro benzene ring substituents is 1. The summed E-state index contributed by atoms with van der Waals surface area (Å²) in [6, 6.07) is 5.85. The highest BCUT2D eigenvalue weighted by Gasteiger charge is 2.32. The number of esters is 1. The van der Waals surface area contributed by atoms with Gasteiger partial charge in [0.25, 0.3) is 10.9 Å². The third-order valence-corrected chi connectivity index (χ3v) is 3.56. The summed E-state index contributed by atoms with van der Waals surface area (Å²) in [7, 11) is 0. The van der Waals surface area contributed by atoms with Crippen molar-refractivity contribution in [2.75, 3.05) is 12.3 Å². The summed E-state index contributed by atoms with van der Waals surface area (Å²) in [6.07, 6.45) is 0. The second-order valence-electron chi connectivity index (χ2n) is 4.08. The molecule has 1 saturated heterocycles. The Morgan fingerprint density at radius 1 is 1.38 bits per heavy atom. The number of nitro groups is 1. The van der Waals surface area contributed by atoms with Gasteiger partial charge in [0.15, 0.2) is 0 Å². The maximum Gasteiger partial charge on any atom is 0.326 e. The molecule has 0 aromatic heterocycles. The molecule has 0 spiro atoms. The van der Waals surface area contributed by atoms with Gasteiger partial charge in [0.1, 0.15) is 13.2 Å². The number of nitrogens with zero attached hydrogens (tertiary/aromatic N) is 2. The van der Waals surface area contributed by atoms with Crippen molar-refractivity contribution in [2.45, 2.75) is 6.61 Å². The number of imide groups is 1. The summed E-state index contributed by atoms with van der Waals surface area (Å²) in [6.45, 7) is -0.773. The number of amides is 2. The first-order valence-corrected chi connectivity index (χ1v) is 6.82. The van der Waals surface area contributed by atoms with Gasteiger partial charge in [0.2, 0.25) is 5.91 Å². The maximum atomic E-state index is 11.6. The molecule has 1 aromatic carbocycles. The van der Waals surface area contributed by atoms with Crippen molar-refractivity contribution >= 4 is 34.6 Å². The Morgan fingerprint density at radius 2 is 2.10 bits per heavy atom. The highest BCUT2D eigenvalue weighted by molar-refractivity contribution is 8.14. The molecule has 8 nitrogen and oxygen atoms in total. The summed E-state index contributed by atoms with van der Waals surface area (Å²) in [5.41, 5.74) is 0.0819. The van der Waals surface area contributed by atoms with Crippen LogP contribution in [0.15, 0.2) is 24.3 Å². The van der Waals surface area contributed by atoms with Gasteiger partial charge in [-0.1, -0.05) is 23.9 Å². The van der Waals surface area contributed by atoms with Crippen molar-refractivity contribution in [3.63, 3.8) is 0 Å². The molecule has 1 aromatic rings. The van der Waals surface area contributed by atoms with Crippen LogP contribution in [-0.4, -0.2) is 39.2 Å². The second-order valence-corrected chi connectivity index (χ2v) is 5.01. The van der Waals surface area contributed by atoms with E-state index in [1.54, 1.807) is 6.07 Å². The molecule has 0 bridgehead atoms. The average molecular weight is 310 g/mol. The van der Waals surface area contributed by atoms with Crippen molar-refractivity contribution in [1.29, 1.82) is 0 Å². The average Bonchev–Trinajstić information content (AvgIpc) is 2.77. The zero-order valence-electron chi connectivity index (χ0n) is 10.7. The fraction of sp³-hybridized carbons (Fsp3) is 0.250. The first kappa shape index (κ1) is 15.0. The van der Waals surface area contributed by atoms with E-state index in [0.29, 0.717) is 0 Å². The monoisotopic (exact) mass is 310 g/mol. The van der Waals surface area contributed by atoms with Crippen LogP contribution in [0.5, 0.6) is 0 Å². The summed E-state index contributed by atoms with van der Waals surface area (Å²) >= 11 is 0.817. The summed E-state index contributed by atoms with van der Waals surface area (Å²) in [5, 5.41) is 10.3. The van der Waals surface area contributed by atoms with E-state index in [9.17, 15) is 24.5 Å². The standard InChI is InChI=1S/C12H10N2O6S/c15-10-7-21-12(17)13(10)5-11(16)20-6-8-3-1-2-4-9(8)14(18)19/h1-4H,5-7H2. The summed E-state index contributed by atoms with van der Waals surface area (Å²) < 4.78 is 4.88. The van der Waals surface area contributed by atoms with Crippen LogP contribution in [-0.2, 0) is 20.9 Å². The van der Waals surface area contributed by atoms with Gasteiger partial charge in [-0.3, -0.25) is 29.4 Å². The normalized spacial score (nSPS) is 14.4. The molecular formula is C12H10N2O6S. The fourth-order valence-electron chi connectivity index (χ4n) is 1.68. The van der Waals surface area contributed by atoms with Gasteiger partial charge in [-0.05, 0) is 6.07 Å². The van der Waals surface area contributed by atoms with E-state index in [-0.39, 0.29) is 23.6 Å². The second kappa shape index (κ2) is 6.35. The van der Waals surface area contributed by atoms with Gasteiger partial charge < -0.3 is 4.74 Å². The Labute approximate surface area is 123 Å². The molecule has 1 aliphatic rings. The van der Waals surface area contributed by atoms with Crippen LogP contribution in [0.3, 0.4) is 0 Å². The van der Waals surface area contributed by atoms with Crippen LogP contribution < -0.4 is 0 Å². The Balaban J connectivity index is 1.94. The highest BCUT2D eigenvalue weighted by Crippen LogP contribution is 2.20. The van der Waals surface area contributed by atoms with Crippen LogP contribution in [0.2, 0.25) is 0 Å². The minimum Gasteiger partial charge on any atom is -0.459 e. The summed E-state index contributed by atoms with van der Waals surface area (Å²) in [4.78, 5) is 45.2. The minimum absolute atomic E-state index is 0.0102. The lowest BCUT2D eigenvalue weighted by atomic mass is 10.2. The zero-order chi connectivity index (χ0) is 15.4. The van der Waals surface area contributed by atoms with Gasteiger partial charge in [-0.15, -0.1) is 0 Å². The molecule has 0 unspecified atom stereocenters. The van der Waals surface area contributed by atoms with Gasteiger partial charge in [0, 0.05) is 6.07 Å². The molecule has 110 valence electrons. The molecule has 2 rings (SSSR count). The summed E-state index contributed by atoms with van der Waals surface area (Å²) in [5.74, 6) is -1.24. The molecule has 0 radical (unpaired) electrons. The number of carbonyl (C=O) groups excluding carboxylic acids is 3. The lowest BCUT2D eigenvalue weighted by Crippen LogP contribution is -2.34. The Bertz CT molecular complexity index is 602. The van der Waals surface area contributed by atoms with Gasteiger partial charge in [0.05, 0.1) is 16.2 Å². The fourth-order valence-corrected chi connectivity index (χ4v) is 2.40. The molecule has 21 heavy (non-hydrogen) atoms. The van der Waals surface area contributed by atoms with Crippen LogP contribution in [0.1, 0.15) is 5.56 Å². The molecule has 2 amide bonds. The Morgan fingerprint density at radius 3 is 2.71 bits per heavy atom. The molecule has 0 atom stereocenters. The Hall–Kier alpha value is -2.42. The highest BCUT2D eigenvalue weighted by atomic mass is 32.2. The number of hydrogen-bond donors (Lipinski definition) is 0. The molecule has 1 heterocycles. The number of carbonyl (C=O) groups is 3. The largest absolute Gasteiger partial charge is 0.459 e. The third-order valence-electron chi connectivity index (χ3n) is 2.70. The van der Waals surface area contributed by atoms with Crippen LogP contribution in [0.25, 0.3) is 0 Å². The SMILES string of the molecule is O=C(CN1C(=O)CSC1=O)OCc1ccccc1[N+](=O)[O-]. The predicted molar refractivity (Wildman–Crippen MR) is 72.5 cm³/mol. The number of ether oxygens (including phenoxy) is 1. The molecule has 1 aliphatic heterocycles. The van der Waals surface area contributed by atoms with E-state index >= 15 is 0 Å². The van der Waals surface area contributed by atoms with Crippen molar-refractivity contribution in [3.05, 3.63) is 39.9 Å². The molecule has 0 saturated carbocycles. The number of thioether (sulfide) groups is 1. The number of rotatable bonds is 5. The Kier molecular flexibility index (Phi) is 4.53. The van der Waals surface area contributed by atoms with Crippen molar-refractivity contribution in [3.8, 4) is 0 Å². The van der Waals surface area contributed by atoms with Crippen LogP contribution in [0.4, 0.5) is 10.5 Å². The van der Waals surface area contributed by atoms with E-state index in [0.717, 1.165) is 16.7 Å². The van der Waals surface area contributed by atoms with Crippen molar-refractivity contribution in [1.82, 2.24) is 4.90 Å². The molecule has 0 N–H and O–H groups in total. The van der Waals surface area contributed by atoms with Crippen molar-refractivity contribution < 1.29 is 24.0 Å². The maximum absolute atomic E-state index is 11.6. The third kappa shape index (κ3) is 3.57. The molecule has 0 aliphatic carbocycles. The first-order valence-electron chi connectivity index (χ1n) is 5.84. The smallest absolute Gasteiger partial charge is 0.326 e. The topological polar surface area (TPSA) is 107 Å². The number of benzene rings is 1. The van der Waals surface area contributed by atoms with Crippen molar-refractivity contribution in [2.24, 2.45) is 0 Å². The van der Waals surface area contributed by atoms with E-state index in [1.165, 1.54) is 18.2 Å². The molecular weight excluding hydrogens is 300 g/mol. The molecule has 1 fully saturated rings. The van der Waals surface area contributed by atoms with Gasteiger partial charge in [-0.25, -0.2) is 0 Å². The van der Waals surface area contributed by atoms with E-state index in [2.05, 4.69) is 0 Å². The number of hydrogen-bond acceptors (Lipinski definition) is 7. The lowest BCUT2D eigenvalue weighted by Gasteiger charge is -2.12. The van der Waals surface area contributed by atoms with E-state index < -0.39 is 28.6 Å². The van der Waals surface area contributed by atoms with E-state index in [4.69, 9.17) is 4.74 Å². The minimum atomic E-state index is -0.794. The van der Waals surface area contributed by atoms with Crippen LogP contribution in [0, 0.1) is 10.1 Å². The molecule has 9 heteroatoms. The number of para-hydroxylation sites is 1. The quantitative estimate of drug-likeness (QED) is 0.458.